The number of aliphatic hydroxyl groups excluding tert-OH is 1. The van der Waals surface area contributed by atoms with Crippen LogP contribution in [-0.4, -0.2) is 16.1 Å². The van der Waals surface area contributed by atoms with Crippen molar-refractivity contribution in [1.29, 1.82) is 0 Å². The van der Waals surface area contributed by atoms with Gasteiger partial charge in [0.25, 0.3) is 5.24 Å². The van der Waals surface area contributed by atoms with Gasteiger partial charge in [-0.05, 0) is 24.1 Å². The highest BCUT2D eigenvalue weighted by molar-refractivity contribution is 6.64. The highest BCUT2D eigenvalue weighted by Crippen LogP contribution is 2.16. The number of halogens is 1. The van der Waals surface area contributed by atoms with Crippen LogP contribution in [0, 0.1) is 0 Å². The molecule has 0 spiro atoms. The minimum absolute atomic E-state index is 0.0664. The van der Waals surface area contributed by atoms with Crippen molar-refractivity contribution in [2.75, 3.05) is 0 Å². The predicted octanol–water partition coefficient (Wildman–Crippen LogP) is 1.69. The maximum absolute atomic E-state index is 10.9. The zero-order chi connectivity index (χ0) is 10.7. The van der Waals surface area contributed by atoms with E-state index in [4.69, 9.17) is 11.6 Å². The summed E-state index contributed by atoms with van der Waals surface area (Å²) in [5.41, 5.74) is 0.915. The monoisotopic (exact) mass is 212 g/mol. The van der Waals surface area contributed by atoms with Gasteiger partial charge in [-0.25, -0.2) is 0 Å². The summed E-state index contributed by atoms with van der Waals surface area (Å²) in [6.45, 7) is 1.44. The number of carbonyl (C=O) groups excluding carboxylic acids is 2. The topological polar surface area (TPSA) is 54.4 Å². The first-order chi connectivity index (χ1) is 6.52. The predicted molar refractivity (Wildman–Crippen MR) is 52.3 cm³/mol. The van der Waals surface area contributed by atoms with Gasteiger partial charge in [0.1, 0.15) is 0 Å². The summed E-state index contributed by atoms with van der Waals surface area (Å²) in [5.74, 6) is -0.0664. The van der Waals surface area contributed by atoms with E-state index in [0.29, 0.717) is 11.1 Å². The van der Waals surface area contributed by atoms with Crippen molar-refractivity contribution in [3.8, 4) is 0 Å². The van der Waals surface area contributed by atoms with Crippen LogP contribution in [0.5, 0.6) is 0 Å². The SMILES string of the molecule is CC(=O)c1ccc([C@@H](O)C(=O)Cl)cc1. The zero-order valence-electron chi connectivity index (χ0n) is 7.53. The van der Waals surface area contributed by atoms with Crippen molar-refractivity contribution in [3.63, 3.8) is 0 Å². The Morgan fingerprint density at radius 3 is 2.14 bits per heavy atom. The Hall–Kier alpha value is -1.19. The van der Waals surface area contributed by atoms with Crippen LogP contribution >= 0.6 is 11.6 Å². The molecular weight excluding hydrogens is 204 g/mol. The second-order valence-electron chi connectivity index (χ2n) is 2.88. The van der Waals surface area contributed by atoms with E-state index < -0.39 is 11.3 Å². The Labute approximate surface area is 86.3 Å². The maximum atomic E-state index is 10.9. The van der Waals surface area contributed by atoms with Gasteiger partial charge in [-0.15, -0.1) is 0 Å². The molecule has 0 saturated heterocycles. The molecule has 14 heavy (non-hydrogen) atoms. The molecule has 0 aliphatic heterocycles. The van der Waals surface area contributed by atoms with Crippen molar-refractivity contribution in [2.45, 2.75) is 13.0 Å². The number of benzene rings is 1. The molecular formula is C10H9ClO3. The molecule has 0 aliphatic carbocycles. The Kier molecular flexibility index (Phi) is 3.38. The van der Waals surface area contributed by atoms with Crippen LogP contribution < -0.4 is 0 Å². The lowest BCUT2D eigenvalue weighted by Crippen LogP contribution is -2.05. The first-order valence-corrected chi connectivity index (χ1v) is 4.38. The average molecular weight is 213 g/mol. The summed E-state index contributed by atoms with van der Waals surface area (Å²) in [4.78, 5) is 21.5. The molecule has 3 nitrogen and oxygen atoms in total. The van der Waals surface area contributed by atoms with Crippen LogP contribution in [-0.2, 0) is 4.79 Å². The van der Waals surface area contributed by atoms with Gasteiger partial charge in [-0.2, -0.15) is 0 Å². The molecule has 1 aromatic carbocycles. The lowest BCUT2D eigenvalue weighted by Gasteiger charge is -2.05. The number of hydrogen-bond donors (Lipinski definition) is 1. The number of ketones is 1. The molecule has 1 rings (SSSR count). The molecule has 74 valence electrons. The third kappa shape index (κ3) is 2.40. The van der Waals surface area contributed by atoms with Crippen LogP contribution in [0.1, 0.15) is 28.9 Å². The van der Waals surface area contributed by atoms with E-state index >= 15 is 0 Å². The van der Waals surface area contributed by atoms with Crippen LogP contribution in [0.4, 0.5) is 0 Å². The van der Waals surface area contributed by atoms with E-state index in [-0.39, 0.29) is 5.78 Å². The molecule has 0 bridgehead atoms. The highest BCUT2D eigenvalue weighted by Gasteiger charge is 2.14. The molecule has 0 radical (unpaired) electrons. The molecule has 0 fully saturated rings. The fourth-order valence-corrected chi connectivity index (χ4v) is 1.16. The van der Waals surface area contributed by atoms with Crippen LogP contribution in [0.3, 0.4) is 0 Å². The van der Waals surface area contributed by atoms with E-state index in [0.717, 1.165) is 0 Å². The molecule has 1 aromatic rings. The molecule has 0 aliphatic rings. The van der Waals surface area contributed by atoms with Crippen molar-refractivity contribution >= 4 is 22.6 Å². The summed E-state index contributed by atoms with van der Waals surface area (Å²) in [5, 5.41) is 8.43. The minimum atomic E-state index is -1.32. The molecule has 0 amide bonds. The summed E-state index contributed by atoms with van der Waals surface area (Å²) < 4.78 is 0. The largest absolute Gasteiger partial charge is 0.379 e. The number of carbonyl (C=O) groups is 2. The van der Waals surface area contributed by atoms with Gasteiger partial charge in [0.15, 0.2) is 11.9 Å². The van der Waals surface area contributed by atoms with E-state index in [1.54, 1.807) is 12.1 Å². The fraction of sp³-hybridized carbons (Fsp3) is 0.200. The van der Waals surface area contributed by atoms with Crippen molar-refractivity contribution < 1.29 is 14.7 Å². The maximum Gasteiger partial charge on any atom is 0.254 e. The molecule has 4 heteroatoms. The van der Waals surface area contributed by atoms with Gasteiger partial charge < -0.3 is 5.11 Å². The van der Waals surface area contributed by atoms with Crippen molar-refractivity contribution in [2.24, 2.45) is 0 Å². The van der Waals surface area contributed by atoms with Crippen LogP contribution in [0.15, 0.2) is 24.3 Å². The van der Waals surface area contributed by atoms with Gasteiger partial charge in [0.05, 0.1) is 0 Å². The van der Waals surface area contributed by atoms with Gasteiger partial charge in [-0.3, -0.25) is 9.59 Å². The lowest BCUT2D eigenvalue weighted by molar-refractivity contribution is -0.119. The van der Waals surface area contributed by atoms with Gasteiger partial charge in [0, 0.05) is 5.56 Å². The average Bonchev–Trinajstić information content (AvgIpc) is 2.16. The van der Waals surface area contributed by atoms with E-state index in [2.05, 4.69) is 0 Å². The quantitative estimate of drug-likeness (QED) is 0.613. The molecule has 0 heterocycles. The van der Waals surface area contributed by atoms with Crippen LogP contribution in [0.25, 0.3) is 0 Å². The first kappa shape index (κ1) is 10.9. The summed E-state index contributed by atoms with van der Waals surface area (Å²) in [6, 6.07) is 6.09. The highest BCUT2D eigenvalue weighted by atomic mass is 35.5. The van der Waals surface area contributed by atoms with Gasteiger partial charge >= 0.3 is 0 Å². The Bertz CT molecular complexity index is 356. The summed E-state index contributed by atoms with van der Waals surface area (Å²) >= 11 is 5.11. The van der Waals surface area contributed by atoms with Crippen molar-refractivity contribution in [3.05, 3.63) is 35.4 Å². The minimum Gasteiger partial charge on any atom is -0.379 e. The Morgan fingerprint density at radius 1 is 1.29 bits per heavy atom. The third-order valence-electron chi connectivity index (χ3n) is 1.85. The van der Waals surface area contributed by atoms with E-state index in [9.17, 15) is 14.7 Å². The Balaban J connectivity index is 2.94. The summed E-state index contributed by atoms with van der Waals surface area (Å²) in [7, 11) is 0. The number of aliphatic hydroxyl groups is 1. The lowest BCUT2D eigenvalue weighted by atomic mass is 10.1. The van der Waals surface area contributed by atoms with E-state index in [1.807, 2.05) is 0 Å². The second kappa shape index (κ2) is 4.35. The normalized spacial score (nSPS) is 12.2. The van der Waals surface area contributed by atoms with Crippen LogP contribution in [0.2, 0.25) is 0 Å². The number of hydrogen-bond acceptors (Lipinski definition) is 3. The molecule has 0 saturated carbocycles. The number of Topliss-reactive ketones (excluding diaryl/α,β-unsaturated/α-hetero) is 1. The van der Waals surface area contributed by atoms with Gasteiger partial charge in [0.2, 0.25) is 0 Å². The smallest absolute Gasteiger partial charge is 0.254 e. The molecule has 1 atom stereocenters. The number of rotatable bonds is 3. The molecule has 1 N–H and O–H groups in total. The molecule has 0 aromatic heterocycles. The van der Waals surface area contributed by atoms with Crippen molar-refractivity contribution in [1.82, 2.24) is 0 Å². The zero-order valence-corrected chi connectivity index (χ0v) is 8.28. The molecule has 0 unspecified atom stereocenters. The standard InChI is InChI=1S/C10H9ClO3/c1-6(12)7-2-4-8(5-3-7)9(13)10(11)14/h2-5,9,13H,1H3/t9-/m1/s1. The second-order valence-corrected chi connectivity index (χ2v) is 3.26. The van der Waals surface area contributed by atoms with Gasteiger partial charge in [-0.1, -0.05) is 24.3 Å². The summed E-state index contributed by atoms with van der Waals surface area (Å²) in [6.07, 6.45) is -1.32. The third-order valence-corrected chi connectivity index (χ3v) is 2.05. The fourth-order valence-electron chi connectivity index (χ4n) is 1.03. The Morgan fingerprint density at radius 2 is 1.79 bits per heavy atom. The first-order valence-electron chi connectivity index (χ1n) is 4.00. The van der Waals surface area contributed by atoms with E-state index in [1.165, 1.54) is 19.1 Å².